The van der Waals surface area contributed by atoms with Gasteiger partial charge < -0.3 is 0 Å². The fourth-order valence-electron chi connectivity index (χ4n) is 11.2. The summed E-state index contributed by atoms with van der Waals surface area (Å²) in [6, 6.07) is 51.4. The van der Waals surface area contributed by atoms with Crippen LogP contribution >= 0.6 is 31.2 Å². The summed E-state index contributed by atoms with van der Waals surface area (Å²) in [6.45, 7) is 0. The molecule has 0 fully saturated rings. The highest BCUT2D eigenvalue weighted by Crippen LogP contribution is 2.49. The van der Waals surface area contributed by atoms with Crippen LogP contribution in [0.3, 0.4) is 0 Å². The Hall–Kier alpha value is -7.16. The average Bonchev–Trinajstić information content (AvgIpc) is 3.40. The SMILES string of the molecule is O=C1c2ccccc2-c2cccc(CC(CCC(Cc3cccc4c3[P+](=O)C(=O)c3ccccc3-4)c3cccc4c3[P+](=O)C(=O)c3ccccc3-4)c3cccc4c3[P+](=O)C(=O)c3ccccc3-4)c2[P+]1=O. The second kappa shape index (κ2) is 17.4. The smallest absolute Gasteiger partial charge is 0.234 e. The van der Waals surface area contributed by atoms with Crippen LogP contribution in [0.1, 0.15) is 88.4 Å². The summed E-state index contributed by atoms with van der Waals surface area (Å²) in [7, 11) is -10.2. The first-order valence-electron chi connectivity index (χ1n) is 23.0. The molecule has 334 valence electrons. The zero-order valence-corrected chi connectivity index (χ0v) is 40.8. The van der Waals surface area contributed by atoms with Crippen LogP contribution in [0.4, 0.5) is 0 Å². The van der Waals surface area contributed by atoms with Crippen molar-refractivity contribution in [2.75, 3.05) is 0 Å². The molecule has 4 aliphatic heterocycles. The largest absolute Gasteiger partial charge is 0.459 e. The summed E-state index contributed by atoms with van der Waals surface area (Å²) in [5.74, 6) is -0.968. The number of hydrogen-bond acceptors (Lipinski definition) is 8. The molecule has 0 bridgehead atoms. The molecule has 70 heavy (non-hydrogen) atoms. The van der Waals surface area contributed by atoms with Crippen molar-refractivity contribution in [1.29, 1.82) is 0 Å². The molecule has 6 atom stereocenters. The molecule has 4 aliphatic rings. The molecule has 8 aromatic rings. The van der Waals surface area contributed by atoms with E-state index in [0.29, 0.717) is 123 Å². The topological polar surface area (TPSA) is 137 Å². The third-order valence-electron chi connectivity index (χ3n) is 14.4. The van der Waals surface area contributed by atoms with Gasteiger partial charge in [-0.3, -0.25) is 0 Å². The predicted octanol–water partition coefficient (Wildman–Crippen LogP) is 12.9. The van der Waals surface area contributed by atoms with Gasteiger partial charge in [-0.15, -0.1) is 0 Å². The van der Waals surface area contributed by atoms with Crippen molar-refractivity contribution in [2.24, 2.45) is 0 Å². The van der Waals surface area contributed by atoms with Crippen molar-refractivity contribution in [3.8, 4) is 44.5 Å². The van der Waals surface area contributed by atoms with Crippen LogP contribution in [0.15, 0.2) is 170 Å². The van der Waals surface area contributed by atoms with E-state index in [0.717, 1.165) is 0 Å². The third-order valence-corrected chi connectivity index (χ3v) is 20.5. The molecule has 0 saturated heterocycles. The molecule has 0 aromatic heterocycles. The van der Waals surface area contributed by atoms with Gasteiger partial charge in [-0.25, -0.2) is 19.2 Å². The number of hydrogen-bond donors (Lipinski definition) is 0. The Morgan fingerprint density at radius 2 is 0.514 bits per heavy atom. The van der Waals surface area contributed by atoms with E-state index in [2.05, 4.69) is 0 Å². The van der Waals surface area contributed by atoms with Gasteiger partial charge in [0.25, 0.3) is 0 Å². The standard InChI is InChI=1S/C58H38O8P4/c59-55-47-19-5-1-15-39(47)43-25-9-13-35(51(43)67(55)63)31-33(37-23-11-27-45-41-17-3-7-21-49(41)57(61)69(65)53(37)45)29-30-34(38-24-12-28-46-42-18-4-8-22-50(42)58(62)70(66)54(38)46)32-36-14-10-26-44-40-16-2-6-20-48(40)56(60)68(64)52(36)44/h1-28,33-34H,29-32H2/q+4. The second-order valence-corrected chi connectivity index (χ2v) is 23.8. The number of fused-ring (bicyclic) bond motifs is 12. The fraction of sp³-hybridized carbons (Fsp3) is 0.103. The monoisotopic (exact) mass is 986 g/mol. The van der Waals surface area contributed by atoms with Gasteiger partial charge >= 0.3 is 53.3 Å². The minimum atomic E-state index is -2.57. The minimum absolute atomic E-state index is 0.257. The lowest BCUT2D eigenvalue weighted by atomic mass is 9.80. The zero-order valence-electron chi connectivity index (χ0n) is 37.2. The highest BCUT2D eigenvalue weighted by Gasteiger charge is 2.49. The number of carbonyl (C=O) groups excluding carboxylic acids is 4. The molecule has 0 aliphatic carbocycles. The lowest BCUT2D eigenvalue weighted by Gasteiger charge is -2.25. The Labute approximate surface area is 406 Å². The van der Waals surface area contributed by atoms with Crippen LogP contribution in [0.25, 0.3) is 44.5 Å². The maximum atomic E-state index is 14.6. The molecule has 0 spiro atoms. The molecule has 12 heteroatoms. The van der Waals surface area contributed by atoms with E-state index in [4.69, 9.17) is 0 Å². The maximum Gasteiger partial charge on any atom is 0.459 e. The van der Waals surface area contributed by atoms with E-state index >= 15 is 0 Å². The van der Waals surface area contributed by atoms with E-state index in [1.54, 1.807) is 48.5 Å². The average molecular weight is 987 g/mol. The first-order valence-corrected chi connectivity index (χ1v) is 28.1. The van der Waals surface area contributed by atoms with Crippen LogP contribution in [0.5, 0.6) is 0 Å². The van der Waals surface area contributed by atoms with E-state index in [-0.39, 0.29) is 12.8 Å². The van der Waals surface area contributed by atoms with Crippen molar-refractivity contribution >= 4 is 74.5 Å². The first kappa shape index (κ1) is 44.1. The minimum Gasteiger partial charge on any atom is -0.234 e. The van der Waals surface area contributed by atoms with Gasteiger partial charge in [0.15, 0.2) is 0 Å². The molecule has 8 nitrogen and oxygen atoms in total. The molecule has 0 radical (unpaired) electrons. The highest BCUT2D eigenvalue weighted by atomic mass is 31.1. The van der Waals surface area contributed by atoms with Crippen LogP contribution in [-0.4, -0.2) is 22.1 Å². The van der Waals surface area contributed by atoms with Crippen molar-refractivity contribution in [3.05, 3.63) is 214 Å². The highest BCUT2D eigenvalue weighted by molar-refractivity contribution is 7.73. The number of benzene rings is 8. The summed E-state index contributed by atoms with van der Waals surface area (Å²) >= 11 is 0. The van der Waals surface area contributed by atoms with Gasteiger partial charge in [-0.1, -0.05) is 140 Å². The van der Waals surface area contributed by atoms with E-state index in [1.807, 2.05) is 121 Å². The first-order chi connectivity index (χ1) is 34.1. The molecule has 4 heterocycles. The lowest BCUT2D eigenvalue weighted by Crippen LogP contribution is -2.26. The van der Waals surface area contributed by atoms with Crippen molar-refractivity contribution in [1.82, 2.24) is 0 Å². The zero-order chi connectivity index (χ0) is 47.9. The van der Waals surface area contributed by atoms with Gasteiger partial charge in [0.1, 0.15) is 0 Å². The van der Waals surface area contributed by atoms with Crippen LogP contribution in [-0.2, 0) is 31.1 Å². The molecule has 0 saturated carbocycles. The molecular weight excluding hydrogens is 949 g/mol. The quantitative estimate of drug-likeness (QED) is 0.130. The van der Waals surface area contributed by atoms with Gasteiger partial charge in [0.05, 0.1) is 22.3 Å². The number of carbonyl (C=O) groups is 4. The van der Waals surface area contributed by atoms with Crippen LogP contribution in [0, 0.1) is 0 Å². The van der Waals surface area contributed by atoms with Crippen LogP contribution in [0.2, 0.25) is 0 Å². The summed E-state index contributed by atoms with van der Waals surface area (Å²) in [5, 5.41) is 1.78. The summed E-state index contributed by atoms with van der Waals surface area (Å²) in [6.07, 6.45) is 1.26. The molecular formula is C58H38O8P4+4. The Balaban J connectivity index is 1.04. The van der Waals surface area contributed by atoms with Crippen molar-refractivity contribution < 1.29 is 37.4 Å². The Bertz CT molecular complexity index is 3520. The predicted molar refractivity (Wildman–Crippen MR) is 276 cm³/mol. The van der Waals surface area contributed by atoms with Gasteiger partial charge in [0, 0.05) is 66.8 Å². The summed E-state index contributed by atoms with van der Waals surface area (Å²) < 4.78 is 58.0. The van der Waals surface area contributed by atoms with Crippen LogP contribution < -0.4 is 21.2 Å². The van der Waals surface area contributed by atoms with Gasteiger partial charge in [-0.05, 0) is 86.1 Å². The van der Waals surface area contributed by atoms with E-state index in [1.165, 1.54) is 0 Å². The lowest BCUT2D eigenvalue weighted by molar-refractivity contribution is 0.107. The Morgan fingerprint density at radius 1 is 0.271 bits per heavy atom. The summed E-state index contributed by atoms with van der Waals surface area (Å²) in [4.78, 5) is 55.7. The Morgan fingerprint density at radius 3 is 0.829 bits per heavy atom. The van der Waals surface area contributed by atoms with E-state index in [9.17, 15) is 37.4 Å². The maximum absolute atomic E-state index is 14.6. The van der Waals surface area contributed by atoms with Gasteiger partial charge in [0.2, 0.25) is 21.2 Å². The second-order valence-electron chi connectivity index (χ2n) is 18.1. The fourth-order valence-corrected chi connectivity index (χ4v) is 17.2. The van der Waals surface area contributed by atoms with Crippen molar-refractivity contribution in [2.45, 2.75) is 37.5 Å². The summed E-state index contributed by atoms with van der Waals surface area (Å²) in [5.41, 5.74) is 8.05. The third kappa shape index (κ3) is 6.89. The molecule has 12 rings (SSSR count). The van der Waals surface area contributed by atoms with Crippen molar-refractivity contribution in [3.63, 3.8) is 0 Å². The molecule has 6 unspecified atom stereocenters. The van der Waals surface area contributed by atoms with E-state index < -0.39 is 65.1 Å². The normalized spacial score (nSPS) is 17.0. The molecule has 8 aromatic carbocycles. The Kier molecular flexibility index (Phi) is 10.9. The molecule has 0 amide bonds. The molecule has 0 N–H and O–H groups in total. The number of rotatable bonds is 9. The van der Waals surface area contributed by atoms with Gasteiger partial charge in [-0.2, -0.15) is 0 Å².